The van der Waals surface area contributed by atoms with E-state index in [0.717, 1.165) is 0 Å². The van der Waals surface area contributed by atoms with Crippen LogP contribution in [0.5, 0.6) is 5.75 Å². The van der Waals surface area contributed by atoms with Gasteiger partial charge in [-0.05, 0) is 19.1 Å². The SMILES string of the molecule is CCN(CC(C)C(=O)OC)C(=O)c1ccc(OC)c([N+](=O)[O-])c1. The summed E-state index contributed by atoms with van der Waals surface area (Å²) < 4.78 is 9.55. The maximum atomic E-state index is 12.5. The predicted octanol–water partition coefficient (Wildman–Crippen LogP) is 1.87. The van der Waals surface area contributed by atoms with Crippen molar-refractivity contribution in [3.8, 4) is 5.75 Å². The predicted molar refractivity (Wildman–Crippen MR) is 82.4 cm³/mol. The number of methoxy groups -OCH3 is 2. The molecule has 23 heavy (non-hydrogen) atoms. The van der Waals surface area contributed by atoms with Crippen molar-refractivity contribution in [2.24, 2.45) is 5.92 Å². The molecule has 0 bridgehead atoms. The van der Waals surface area contributed by atoms with Crippen molar-refractivity contribution in [1.82, 2.24) is 4.90 Å². The summed E-state index contributed by atoms with van der Waals surface area (Å²) in [6, 6.07) is 4.01. The lowest BCUT2D eigenvalue weighted by molar-refractivity contribution is -0.385. The number of amides is 1. The number of nitrogens with zero attached hydrogens (tertiary/aromatic N) is 2. The molecule has 1 amide bonds. The average molecular weight is 324 g/mol. The van der Waals surface area contributed by atoms with Crippen LogP contribution in [0.2, 0.25) is 0 Å². The van der Waals surface area contributed by atoms with Gasteiger partial charge in [0.15, 0.2) is 5.75 Å². The third kappa shape index (κ3) is 4.41. The maximum absolute atomic E-state index is 12.5. The summed E-state index contributed by atoms with van der Waals surface area (Å²) in [6.45, 7) is 3.94. The Morgan fingerprint density at radius 1 is 1.35 bits per heavy atom. The van der Waals surface area contributed by atoms with E-state index in [1.807, 2.05) is 0 Å². The van der Waals surface area contributed by atoms with Crippen molar-refractivity contribution in [3.63, 3.8) is 0 Å². The van der Waals surface area contributed by atoms with Gasteiger partial charge in [-0.3, -0.25) is 19.7 Å². The summed E-state index contributed by atoms with van der Waals surface area (Å²) in [4.78, 5) is 35.9. The molecule has 0 fully saturated rings. The van der Waals surface area contributed by atoms with Gasteiger partial charge in [0, 0.05) is 24.7 Å². The summed E-state index contributed by atoms with van der Waals surface area (Å²) in [6.07, 6.45) is 0. The molecule has 1 unspecified atom stereocenters. The minimum atomic E-state index is -0.608. The van der Waals surface area contributed by atoms with Crippen LogP contribution >= 0.6 is 0 Å². The Morgan fingerprint density at radius 3 is 2.48 bits per heavy atom. The van der Waals surface area contributed by atoms with Gasteiger partial charge in [-0.2, -0.15) is 0 Å². The molecule has 0 aromatic heterocycles. The zero-order valence-electron chi connectivity index (χ0n) is 13.6. The third-order valence-corrected chi connectivity index (χ3v) is 3.39. The second-order valence-electron chi connectivity index (χ2n) is 4.91. The van der Waals surface area contributed by atoms with E-state index in [9.17, 15) is 19.7 Å². The van der Waals surface area contributed by atoms with Crippen LogP contribution in [0.25, 0.3) is 0 Å². The van der Waals surface area contributed by atoms with Crippen molar-refractivity contribution >= 4 is 17.6 Å². The van der Waals surface area contributed by atoms with Crippen molar-refractivity contribution < 1.29 is 24.0 Å². The quantitative estimate of drug-likeness (QED) is 0.431. The first-order valence-corrected chi connectivity index (χ1v) is 7.05. The molecule has 0 N–H and O–H groups in total. The Morgan fingerprint density at radius 2 is 2.00 bits per heavy atom. The van der Waals surface area contributed by atoms with Crippen molar-refractivity contribution in [2.75, 3.05) is 27.3 Å². The van der Waals surface area contributed by atoms with Crippen LogP contribution in [0, 0.1) is 16.0 Å². The van der Waals surface area contributed by atoms with E-state index in [1.54, 1.807) is 13.8 Å². The number of carbonyl (C=O) groups is 2. The summed E-state index contributed by atoms with van der Waals surface area (Å²) in [7, 11) is 2.60. The van der Waals surface area contributed by atoms with Gasteiger partial charge in [-0.15, -0.1) is 0 Å². The highest BCUT2D eigenvalue weighted by molar-refractivity contribution is 5.95. The molecule has 8 nitrogen and oxygen atoms in total. The zero-order chi connectivity index (χ0) is 17.6. The number of nitro groups is 1. The molecule has 1 rings (SSSR count). The second-order valence-corrected chi connectivity index (χ2v) is 4.91. The fourth-order valence-electron chi connectivity index (χ4n) is 2.11. The largest absolute Gasteiger partial charge is 0.490 e. The fourth-order valence-corrected chi connectivity index (χ4v) is 2.11. The molecule has 0 saturated heterocycles. The smallest absolute Gasteiger partial charge is 0.311 e. The first-order valence-electron chi connectivity index (χ1n) is 7.05. The van der Waals surface area contributed by atoms with Gasteiger partial charge in [0.05, 0.1) is 25.1 Å². The molecular weight excluding hydrogens is 304 g/mol. The van der Waals surface area contributed by atoms with Crippen LogP contribution in [0.3, 0.4) is 0 Å². The van der Waals surface area contributed by atoms with Gasteiger partial charge in [-0.1, -0.05) is 6.92 Å². The summed E-state index contributed by atoms with van der Waals surface area (Å²) in [5.74, 6) is -1.22. The Kier molecular flexibility index (Phi) is 6.49. The molecule has 126 valence electrons. The fraction of sp³-hybridized carbons (Fsp3) is 0.467. The average Bonchev–Trinajstić information content (AvgIpc) is 2.57. The van der Waals surface area contributed by atoms with Crippen molar-refractivity contribution in [1.29, 1.82) is 0 Å². The Balaban J connectivity index is 3.04. The topological polar surface area (TPSA) is 99.0 Å². The van der Waals surface area contributed by atoms with Gasteiger partial charge in [0.25, 0.3) is 5.91 Å². The van der Waals surface area contributed by atoms with E-state index in [0.29, 0.717) is 6.54 Å². The number of esters is 1. The summed E-state index contributed by atoms with van der Waals surface area (Å²) in [5, 5.41) is 11.0. The number of hydrogen-bond donors (Lipinski definition) is 0. The van der Waals surface area contributed by atoms with E-state index in [-0.39, 0.29) is 23.5 Å². The minimum absolute atomic E-state index is 0.0810. The number of hydrogen-bond acceptors (Lipinski definition) is 6. The number of ether oxygens (including phenoxy) is 2. The van der Waals surface area contributed by atoms with E-state index in [4.69, 9.17) is 4.74 Å². The molecule has 0 aliphatic carbocycles. The van der Waals surface area contributed by atoms with Gasteiger partial charge in [0.2, 0.25) is 0 Å². The Bertz CT molecular complexity index is 602. The minimum Gasteiger partial charge on any atom is -0.490 e. The standard InChI is InChI=1S/C15H20N2O6/c1-5-16(9-10(2)15(19)23-4)14(18)11-6-7-13(22-3)12(8-11)17(20)21/h6-8,10H,5,9H2,1-4H3. The summed E-state index contributed by atoms with van der Waals surface area (Å²) in [5.41, 5.74) is -0.119. The first kappa shape index (κ1) is 18.4. The molecule has 0 aliphatic heterocycles. The van der Waals surface area contributed by atoms with Crippen LogP contribution in [0.4, 0.5) is 5.69 Å². The van der Waals surface area contributed by atoms with E-state index in [1.165, 1.54) is 37.3 Å². The van der Waals surface area contributed by atoms with Crippen LogP contribution in [0.1, 0.15) is 24.2 Å². The molecular formula is C15H20N2O6. The number of nitro benzene ring substituents is 1. The van der Waals surface area contributed by atoms with Gasteiger partial charge in [0.1, 0.15) is 0 Å². The number of carbonyl (C=O) groups excluding carboxylic acids is 2. The lowest BCUT2D eigenvalue weighted by Crippen LogP contribution is -2.37. The van der Waals surface area contributed by atoms with E-state index < -0.39 is 22.7 Å². The van der Waals surface area contributed by atoms with Crippen LogP contribution in [-0.2, 0) is 9.53 Å². The molecule has 0 heterocycles. The van der Waals surface area contributed by atoms with Crippen LogP contribution < -0.4 is 4.74 Å². The molecule has 0 saturated carbocycles. The van der Waals surface area contributed by atoms with Crippen molar-refractivity contribution in [3.05, 3.63) is 33.9 Å². The zero-order valence-corrected chi connectivity index (χ0v) is 13.6. The van der Waals surface area contributed by atoms with Gasteiger partial charge < -0.3 is 14.4 Å². The number of rotatable bonds is 7. The van der Waals surface area contributed by atoms with Crippen LogP contribution in [-0.4, -0.2) is 49.0 Å². The first-order chi connectivity index (χ1) is 10.8. The highest BCUT2D eigenvalue weighted by Crippen LogP contribution is 2.28. The second kappa shape index (κ2) is 8.11. The maximum Gasteiger partial charge on any atom is 0.311 e. The lowest BCUT2D eigenvalue weighted by atomic mass is 10.1. The molecule has 1 atom stereocenters. The monoisotopic (exact) mass is 324 g/mol. The van der Waals surface area contributed by atoms with E-state index in [2.05, 4.69) is 4.74 Å². The Labute approximate surface area is 134 Å². The third-order valence-electron chi connectivity index (χ3n) is 3.39. The molecule has 0 spiro atoms. The normalized spacial score (nSPS) is 11.5. The molecule has 0 aliphatic rings. The Hall–Kier alpha value is -2.64. The number of benzene rings is 1. The van der Waals surface area contributed by atoms with Gasteiger partial charge in [-0.25, -0.2) is 0 Å². The molecule has 0 radical (unpaired) electrons. The summed E-state index contributed by atoms with van der Waals surface area (Å²) >= 11 is 0. The molecule has 8 heteroatoms. The highest BCUT2D eigenvalue weighted by Gasteiger charge is 2.24. The van der Waals surface area contributed by atoms with Gasteiger partial charge >= 0.3 is 11.7 Å². The van der Waals surface area contributed by atoms with Crippen LogP contribution in [0.15, 0.2) is 18.2 Å². The van der Waals surface area contributed by atoms with E-state index >= 15 is 0 Å². The highest BCUT2D eigenvalue weighted by atomic mass is 16.6. The molecule has 1 aromatic carbocycles. The van der Waals surface area contributed by atoms with Crippen molar-refractivity contribution in [2.45, 2.75) is 13.8 Å². The molecule has 1 aromatic rings. The lowest BCUT2D eigenvalue weighted by Gasteiger charge is -2.23.